The number of benzene rings is 2. The molecule has 2 aromatic rings. The number of rotatable bonds is 7. The van der Waals surface area contributed by atoms with E-state index in [2.05, 4.69) is 16.7 Å². The van der Waals surface area contributed by atoms with Crippen LogP contribution in [0.3, 0.4) is 0 Å². The third kappa shape index (κ3) is 5.19. The predicted octanol–water partition coefficient (Wildman–Crippen LogP) is 3.93. The Bertz CT molecular complexity index is 1020. The smallest absolute Gasteiger partial charge is 0.234 e. The van der Waals surface area contributed by atoms with E-state index >= 15 is 0 Å². The molecule has 0 unspecified atom stereocenters. The summed E-state index contributed by atoms with van der Waals surface area (Å²) in [5, 5.41) is 15.2. The lowest BCUT2D eigenvalue weighted by molar-refractivity contribution is -0.121. The summed E-state index contributed by atoms with van der Waals surface area (Å²) in [5.74, 6) is -0.975. The zero-order valence-electron chi connectivity index (χ0n) is 16.3. The molecule has 0 saturated carbocycles. The van der Waals surface area contributed by atoms with Gasteiger partial charge in [0, 0.05) is 12.3 Å². The van der Waals surface area contributed by atoms with E-state index in [1.807, 2.05) is 19.1 Å². The molecule has 6 nitrogen and oxygen atoms in total. The predicted molar refractivity (Wildman–Crippen MR) is 113 cm³/mol. The van der Waals surface area contributed by atoms with Crippen LogP contribution < -0.4 is 15.4 Å². The number of hydrogen-bond donors (Lipinski definition) is 2. The molecule has 2 aromatic carbocycles. The van der Waals surface area contributed by atoms with E-state index in [0.29, 0.717) is 23.0 Å². The first-order valence-corrected chi connectivity index (χ1v) is 10.3. The molecule has 0 aromatic heterocycles. The maximum absolute atomic E-state index is 13.7. The molecule has 1 atom stereocenters. The maximum atomic E-state index is 13.7. The average Bonchev–Trinajstić information content (AvgIpc) is 2.74. The summed E-state index contributed by atoms with van der Waals surface area (Å²) in [4.78, 5) is 24.4. The van der Waals surface area contributed by atoms with Gasteiger partial charge in [0.25, 0.3) is 0 Å². The molecule has 0 radical (unpaired) electrons. The van der Waals surface area contributed by atoms with Crippen LogP contribution >= 0.6 is 11.8 Å². The number of carbonyl (C=O) groups excluding carboxylic acids is 2. The van der Waals surface area contributed by atoms with E-state index in [1.54, 1.807) is 18.2 Å². The zero-order valence-corrected chi connectivity index (χ0v) is 17.1. The standard InChI is InChI=1S/C22H20FN3O3S/c1-2-29-15-9-7-14(8-10-15)16-11-20(27)26-22(17(16)12-24)30-13-21(28)25-19-6-4-3-5-18(19)23/h3-10,16H,2,11,13H2,1H3,(H,25,28)(H,26,27)/t16-/m0/s1. The molecule has 0 saturated heterocycles. The Morgan fingerprint density at radius 1 is 1.30 bits per heavy atom. The van der Waals surface area contributed by atoms with Crippen molar-refractivity contribution in [1.82, 2.24) is 5.32 Å². The van der Waals surface area contributed by atoms with Gasteiger partial charge >= 0.3 is 0 Å². The number of amides is 2. The van der Waals surface area contributed by atoms with Crippen molar-refractivity contribution >= 4 is 29.3 Å². The van der Waals surface area contributed by atoms with Gasteiger partial charge in [0.2, 0.25) is 11.8 Å². The second kappa shape index (κ2) is 9.94. The largest absolute Gasteiger partial charge is 0.494 e. The maximum Gasteiger partial charge on any atom is 0.234 e. The topological polar surface area (TPSA) is 91.2 Å². The van der Waals surface area contributed by atoms with Gasteiger partial charge < -0.3 is 15.4 Å². The number of nitrogens with zero attached hydrogens (tertiary/aromatic N) is 1. The number of para-hydroxylation sites is 1. The van der Waals surface area contributed by atoms with Crippen molar-refractivity contribution in [1.29, 1.82) is 5.26 Å². The molecule has 2 N–H and O–H groups in total. The van der Waals surface area contributed by atoms with Crippen molar-refractivity contribution < 1.29 is 18.7 Å². The van der Waals surface area contributed by atoms with Gasteiger partial charge in [0.15, 0.2) is 0 Å². The van der Waals surface area contributed by atoms with Crippen molar-refractivity contribution in [2.75, 3.05) is 17.7 Å². The minimum absolute atomic E-state index is 0.0782. The van der Waals surface area contributed by atoms with Gasteiger partial charge in [-0.1, -0.05) is 36.0 Å². The molecule has 0 bridgehead atoms. The SMILES string of the molecule is CCOc1ccc([C@@H]2CC(=O)NC(SCC(=O)Nc3ccccc3F)=C2C#N)cc1. The molecule has 1 aliphatic rings. The molecule has 30 heavy (non-hydrogen) atoms. The number of anilines is 1. The average molecular weight is 425 g/mol. The quantitative estimate of drug-likeness (QED) is 0.701. The van der Waals surface area contributed by atoms with E-state index in [1.165, 1.54) is 18.2 Å². The normalized spacial score (nSPS) is 15.9. The third-order valence-corrected chi connectivity index (χ3v) is 5.46. The van der Waals surface area contributed by atoms with E-state index in [9.17, 15) is 19.2 Å². The lowest BCUT2D eigenvalue weighted by Gasteiger charge is -2.25. The van der Waals surface area contributed by atoms with Gasteiger partial charge in [-0.2, -0.15) is 5.26 Å². The molecule has 0 fully saturated rings. The summed E-state index contributed by atoms with van der Waals surface area (Å²) in [6, 6.07) is 15.3. The highest BCUT2D eigenvalue weighted by Crippen LogP contribution is 2.36. The summed E-state index contributed by atoms with van der Waals surface area (Å²) in [6.07, 6.45) is 0.141. The molecule has 1 aliphatic heterocycles. The molecule has 0 aliphatic carbocycles. The third-order valence-electron chi connectivity index (χ3n) is 4.45. The van der Waals surface area contributed by atoms with E-state index in [0.717, 1.165) is 17.3 Å². The minimum atomic E-state index is -0.533. The van der Waals surface area contributed by atoms with Crippen molar-refractivity contribution in [2.45, 2.75) is 19.3 Å². The van der Waals surface area contributed by atoms with Crippen LogP contribution in [-0.4, -0.2) is 24.2 Å². The molecular weight excluding hydrogens is 405 g/mol. The monoisotopic (exact) mass is 425 g/mol. The van der Waals surface area contributed by atoms with Gasteiger partial charge in [-0.05, 0) is 36.8 Å². The molecule has 3 rings (SSSR count). The Morgan fingerprint density at radius 3 is 2.70 bits per heavy atom. The fourth-order valence-corrected chi connectivity index (χ4v) is 3.94. The second-order valence-corrected chi connectivity index (χ2v) is 7.46. The van der Waals surface area contributed by atoms with Gasteiger partial charge in [-0.25, -0.2) is 4.39 Å². The van der Waals surface area contributed by atoms with E-state index < -0.39 is 17.6 Å². The van der Waals surface area contributed by atoms with Gasteiger partial charge in [0.1, 0.15) is 11.6 Å². The van der Waals surface area contributed by atoms with Crippen LogP contribution in [0.1, 0.15) is 24.8 Å². The van der Waals surface area contributed by atoms with E-state index in [4.69, 9.17) is 4.74 Å². The number of allylic oxidation sites excluding steroid dienone is 1. The molecule has 8 heteroatoms. The zero-order chi connectivity index (χ0) is 21.5. The number of halogens is 1. The second-order valence-electron chi connectivity index (χ2n) is 6.48. The fourth-order valence-electron chi connectivity index (χ4n) is 3.07. The van der Waals surface area contributed by atoms with Crippen LogP contribution in [0.25, 0.3) is 0 Å². The number of nitriles is 1. The van der Waals surface area contributed by atoms with E-state index in [-0.39, 0.29) is 23.8 Å². The van der Waals surface area contributed by atoms with Crippen LogP contribution in [0.4, 0.5) is 10.1 Å². The molecule has 2 amide bonds. The number of carbonyl (C=O) groups is 2. The number of thioether (sulfide) groups is 1. The van der Waals surface area contributed by atoms with Gasteiger partial charge in [-0.15, -0.1) is 0 Å². The molecule has 1 heterocycles. The first-order chi connectivity index (χ1) is 14.5. The summed E-state index contributed by atoms with van der Waals surface area (Å²) in [6.45, 7) is 2.44. The van der Waals surface area contributed by atoms with Crippen molar-refractivity contribution in [3.63, 3.8) is 0 Å². The molecule has 0 spiro atoms. The lowest BCUT2D eigenvalue weighted by atomic mass is 9.87. The summed E-state index contributed by atoms with van der Waals surface area (Å²) in [7, 11) is 0. The first-order valence-electron chi connectivity index (χ1n) is 9.35. The lowest BCUT2D eigenvalue weighted by Crippen LogP contribution is -2.31. The highest BCUT2D eigenvalue weighted by atomic mass is 32.2. The van der Waals surface area contributed by atoms with Crippen molar-refractivity contribution in [3.05, 3.63) is 70.5 Å². The van der Waals surface area contributed by atoms with Crippen LogP contribution in [-0.2, 0) is 9.59 Å². The number of ether oxygens (including phenoxy) is 1. The molecule has 154 valence electrons. The number of hydrogen-bond acceptors (Lipinski definition) is 5. The Labute approximate surface area is 178 Å². The highest BCUT2D eigenvalue weighted by molar-refractivity contribution is 8.03. The Balaban J connectivity index is 1.74. The number of nitrogens with one attached hydrogen (secondary N) is 2. The van der Waals surface area contributed by atoms with Gasteiger partial charge in [-0.3, -0.25) is 9.59 Å². The van der Waals surface area contributed by atoms with Crippen LogP contribution in [0.5, 0.6) is 5.75 Å². The highest BCUT2D eigenvalue weighted by Gasteiger charge is 2.30. The van der Waals surface area contributed by atoms with Crippen molar-refractivity contribution in [3.8, 4) is 11.8 Å². The summed E-state index contributed by atoms with van der Waals surface area (Å²) < 4.78 is 19.1. The minimum Gasteiger partial charge on any atom is -0.494 e. The summed E-state index contributed by atoms with van der Waals surface area (Å²) >= 11 is 1.04. The van der Waals surface area contributed by atoms with Crippen LogP contribution in [0, 0.1) is 17.1 Å². The first kappa shape index (κ1) is 21.4. The fraction of sp³-hybridized carbons (Fsp3) is 0.227. The summed E-state index contributed by atoms with van der Waals surface area (Å²) in [5.41, 5.74) is 1.29. The van der Waals surface area contributed by atoms with Crippen LogP contribution in [0.2, 0.25) is 0 Å². The van der Waals surface area contributed by atoms with Crippen molar-refractivity contribution in [2.24, 2.45) is 0 Å². The molecular formula is C22H20FN3O3S. The Kier molecular flexibility index (Phi) is 7.09. The van der Waals surface area contributed by atoms with Crippen LogP contribution in [0.15, 0.2) is 59.1 Å². The van der Waals surface area contributed by atoms with Gasteiger partial charge in [0.05, 0.1) is 34.7 Å². The Hall–Kier alpha value is -3.31. The Morgan fingerprint density at radius 2 is 2.03 bits per heavy atom.